The Kier molecular flexibility index (Phi) is 2.89. The zero-order valence-corrected chi connectivity index (χ0v) is 10.1. The lowest BCUT2D eigenvalue weighted by molar-refractivity contribution is 0.370. The van der Waals surface area contributed by atoms with Crippen LogP contribution in [0.3, 0.4) is 0 Å². The number of rotatable bonds is 3. The normalized spacial score (nSPS) is 23.9. The molecule has 2 unspecified atom stereocenters. The molecule has 0 amide bonds. The van der Waals surface area contributed by atoms with E-state index in [-0.39, 0.29) is 5.75 Å². The molecule has 0 aliphatic heterocycles. The van der Waals surface area contributed by atoms with Gasteiger partial charge in [-0.2, -0.15) is 0 Å². The fourth-order valence-electron chi connectivity index (χ4n) is 1.92. The van der Waals surface area contributed by atoms with E-state index in [0.717, 1.165) is 16.5 Å². The number of aromatic hydroxyl groups is 1. The maximum absolute atomic E-state index is 9.95. The predicted molar refractivity (Wildman–Crippen MR) is 62.3 cm³/mol. The zero-order chi connectivity index (χ0) is 11.0. The number of phenolic OH excluding ortho intramolecular Hbond substituents is 1. The van der Waals surface area contributed by atoms with Gasteiger partial charge in [-0.05, 0) is 36.9 Å². The summed E-state index contributed by atoms with van der Waals surface area (Å²) in [7, 11) is 1.55. The summed E-state index contributed by atoms with van der Waals surface area (Å²) in [6.07, 6.45) is 1.06. The number of nitrogens with two attached hydrogens (primary N) is 1. The van der Waals surface area contributed by atoms with E-state index in [0.29, 0.717) is 24.1 Å². The van der Waals surface area contributed by atoms with Crippen molar-refractivity contribution < 1.29 is 9.84 Å². The maximum Gasteiger partial charge on any atom is 0.161 e. The van der Waals surface area contributed by atoms with E-state index in [1.165, 1.54) is 0 Å². The molecular formula is C11H14BrNO2. The van der Waals surface area contributed by atoms with Crippen molar-refractivity contribution in [2.24, 2.45) is 11.7 Å². The van der Waals surface area contributed by atoms with Gasteiger partial charge in [-0.3, -0.25) is 0 Å². The summed E-state index contributed by atoms with van der Waals surface area (Å²) in [5.74, 6) is 1.67. The first-order chi connectivity index (χ1) is 7.17. The van der Waals surface area contributed by atoms with Gasteiger partial charge in [0.05, 0.1) is 7.11 Å². The van der Waals surface area contributed by atoms with Gasteiger partial charge in [-0.15, -0.1) is 0 Å². The fourth-order valence-corrected chi connectivity index (χ4v) is 2.38. The highest BCUT2D eigenvalue weighted by molar-refractivity contribution is 9.10. The van der Waals surface area contributed by atoms with E-state index < -0.39 is 0 Å². The number of benzene rings is 1. The average Bonchev–Trinajstić information content (AvgIpc) is 3.00. The monoisotopic (exact) mass is 271 g/mol. The summed E-state index contributed by atoms with van der Waals surface area (Å²) in [5, 5.41) is 9.95. The Morgan fingerprint density at radius 2 is 2.33 bits per heavy atom. The lowest BCUT2D eigenvalue weighted by Crippen LogP contribution is -2.02. The highest BCUT2D eigenvalue weighted by atomic mass is 79.9. The molecule has 82 valence electrons. The highest BCUT2D eigenvalue weighted by Gasteiger charge is 2.39. The number of hydrogen-bond donors (Lipinski definition) is 2. The summed E-state index contributed by atoms with van der Waals surface area (Å²) in [4.78, 5) is 0. The molecule has 1 aromatic rings. The lowest BCUT2D eigenvalue weighted by atomic mass is 10.1. The Labute approximate surface area is 97.4 Å². The van der Waals surface area contributed by atoms with Gasteiger partial charge in [0.25, 0.3) is 0 Å². The van der Waals surface area contributed by atoms with Gasteiger partial charge in [-0.25, -0.2) is 0 Å². The van der Waals surface area contributed by atoms with Crippen molar-refractivity contribution in [3.8, 4) is 11.5 Å². The molecule has 0 saturated heterocycles. The van der Waals surface area contributed by atoms with E-state index in [1.807, 2.05) is 6.07 Å². The van der Waals surface area contributed by atoms with Crippen molar-refractivity contribution in [2.45, 2.75) is 12.3 Å². The molecule has 1 aromatic carbocycles. The topological polar surface area (TPSA) is 55.5 Å². The van der Waals surface area contributed by atoms with Crippen molar-refractivity contribution in [1.29, 1.82) is 0 Å². The molecule has 4 heteroatoms. The Hall–Kier alpha value is -0.740. The second-order valence-corrected chi connectivity index (χ2v) is 4.80. The molecule has 1 fully saturated rings. The van der Waals surface area contributed by atoms with Crippen LogP contribution in [0.1, 0.15) is 17.9 Å². The summed E-state index contributed by atoms with van der Waals surface area (Å²) in [6.45, 7) is 0.679. The Balaban J connectivity index is 2.35. The molecule has 2 atom stereocenters. The van der Waals surface area contributed by atoms with E-state index in [2.05, 4.69) is 15.9 Å². The number of hydrogen-bond acceptors (Lipinski definition) is 3. The average molecular weight is 272 g/mol. The largest absolute Gasteiger partial charge is 0.504 e. The van der Waals surface area contributed by atoms with Crippen LogP contribution in [0.15, 0.2) is 16.6 Å². The maximum atomic E-state index is 9.95. The van der Waals surface area contributed by atoms with Crippen LogP contribution in [0.4, 0.5) is 0 Å². The Bertz CT molecular complexity index is 381. The van der Waals surface area contributed by atoms with Crippen molar-refractivity contribution in [3.05, 3.63) is 22.2 Å². The minimum atomic E-state index is 0.252. The van der Waals surface area contributed by atoms with Gasteiger partial charge in [-0.1, -0.05) is 15.9 Å². The van der Waals surface area contributed by atoms with Crippen LogP contribution >= 0.6 is 15.9 Å². The van der Waals surface area contributed by atoms with Gasteiger partial charge in [0.2, 0.25) is 0 Å². The van der Waals surface area contributed by atoms with Crippen LogP contribution in [-0.4, -0.2) is 18.8 Å². The van der Waals surface area contributed by atoms with Crippen LogP contribution in [0.5, 0.6) is 11.5 Å². The standard InChI is InChI=1S/C11H14BrNO2/c1-15-10-4-7(12)3-9(11(10)14)8-2-6(8)5-13/h3-4,6,8,14H,2,5,13H2,1H3. The highest BCUT2D eigenvalue weighted by Crippen LogP contribution is 2.52. The molecule has 15 heavy (non-hydrogen) atoms. The van der Waals surface area contributed by atoms with Crippen molar-refractivity contribution >= 4 is 15.9 Å². The quantitative estimate of drug-likeness (QED) is 0.887. The molecular weight excluding hydrogens is 258 g/mol. The molecule has 3 N–H and O–H groups in total. The number of methoxy groups -OCH3 is 1. The number of ether oxygens (including phenoxy) is 1. The molecule has 0 aromatic heterocycles. The van der Waals surface area contributed by atoms with Gasteiger partial charge in [0.15, 0.2) is 11.5 Å². The smallest absolute Gasteiger partial charge is 0.161 e. The second kappa shape index (κ2) is 4.02. The number of halogens is 1. The summed E-state index contributed by atoms with van der Waals surface area (Å²) in [5.41, 5.74) is 6.54. The molecule has 3 nitrogen and oxygen atoms in total. The first-order valence-corrected chi connectivity index (χ1v) is 5.73. The zero-order valence-electron chi connectivity index (χ0n) is 8.53. The molecule has 2 rings (SSSR count). The molecule has 1 saturated carbocycles. The van der Waals surface area contributed by atoms with Crippen LogP contribution in [0.2, 0.25) is 0 Å². The van der Waals surface area contributed by atoms with Crippen molar-refractivity contribution in [2.75, 3.05) is 13.7 Å². The van der Waals surface area contributed by atoms with Crippen molar-refractivity contribution in [1.82, 2.24) is 0 Å². The van der Waals surface area contributed by atoms with E-state index >= 15 is 0 Å². The first kappa shape index (κ1) is 10.8. The second-order valence-electron chi connectivity index (χ2n) is 3.88. The molecule has 0 bridgehead atoms. The van der Waals surface area contributed by atoms with Gasteiger partial charge in [0.1, 0.15) is 0 Å². The third-order valence-electron chi connectivity index (χ3n) is 2.91. The van der Waals surface area contributed by atoms with Crippen LogP contribution < -0.4 is 10.5 Å². The van der Waals surface area contributed by atoms with Gasteiger partial charge >= 0.3 is 0 Å². The predicted octanol–water partition coefficient (Wildman–Crippen LogP) is 2.23. The Morgan fingerprint density at radius 1 is 1.60 bits per heavy atom. The van der Waals surface area contributed by atoms with E-state index in [1.54, 1.807) is 13.2 Å². The minimum absolute atomic E-state index is 0.252. The molecule has 1 aliphatic carbocycles. The third-order valence-corrected chi connectivity index (χ3v) is 3.37. The summed E-state index contributed by atoms with van der Waals surface area (Å²) < 4.78 is 6.03. The third kappa shape index (κ3) is 1.96. The lowest BCUT2D eigenvalue weighted by Gasteiger charge is -2.09. The summed E-state index contributed by atoms with van der Waals surface area (Å²) in [6, 6.07) is 3.71. The first-order valence-electron chi connectivity index (χ1n) is 4.93. The van der Waals surface area contributed by atoms with Crippen LogP contribution in [0.25, 0.3) is 0 Å². The fraction of sp³-hybridized carbons (Fsp3) is 0.455. The van der Waals surface area contributed by atoms with Crippen LogP contribution in [-0.2, 0) is 0 Å². The SMILES string of the molecule is COc1cc(Br)cc(C2CC2CN)c1O. The minimum Gasteiger partial charge on any atom is -0.504 e. The van der Waals surface area contributed by atoms with Crippen LogP contribution in [0, 0.1) is 5.92 Å². The molecule has 0 spiro atoms. The Morgan fingerprint density at radius 3 is 2.87 bits per heavy atom. The van der Waals surface area contributed by atoms with Crippen molar-refractivity contribution in [3.63, 3.8) is 0 Å². The van der Waals surface area contributed by atoms with Gasteiger partial charge < -0.3 is 15.6 Å². The van der Waals surface area contributed by atoms with E-state index in [4.69, 9.17) is 10.5 Å². The molecule has 0 radical (unpaired) electrons. The van der Waals surface area contributed by atoms with Gasteiger partial charge in [0, 0.05) is 10.0 Å². The summed E-state index contributed by atoms with van der Waals surface area (Å²) >= 11 is 3.40. The number of phenols is 1. The molecule has 1 aliphatic rings. The molecule has 0 heterocycles. The van der Waals surface area contributed by atoms with E-state index in [9.17, 15) is 5.11 Å².